The van der Waals surface area contributed by atoms with E-state index in [0.717, 1.165) is 6.07 Å². The van der Waals surface area contributed by atoms with Crippen molar-refractivity contribution in [3.63, 3.8) is 0 Å². The maximum Gasteiger partial charge on any atom is 0.253 e. The normalized spacial score (nSPS) is 11.2. The van der Waals surface area contributed by atoms with E-state index in [4.69, 9.17) is 15.6 Å². The summed E-state index contributed by atoms with van der Waals surface area (Å²) in [5.74, 6) is -0.477. The SMILES string of the molecule is COCCNC(=O)c1cc(S(N)(=O)=O)ccc1N. The predicted molar refractivity (Wildman–Crippen MR) is 66.4 cm³/mol. The number of hydrogen-bond donors (Lipinski definition) is 3. The molecule has 0 aromatic heterocycles. The van der Waals surface area contributed by atoms with Crippen molar-refractivity contribution in [1.82, 2.24) is 5.32 Å². The molecule has 1 aromatic carbocycles. The van der Waals surface area contributed by atoms with Crippen LogP contribution in [0.25, 0.3) is 0 Å². The van der Waals surface area contributed by atoms with Crippen LogP contribution in [0.4, 0.5) is 5.69 Å². The van der Waals surface area contributed by atoms with E-state index >= 15 is 0 Å². The summed E-state index contributed by atoms with van der Waals surface area (Å²) in [5.41, 5.74) is 5.86. The fourth-order valence-corrected chi connectivity index (χ4v) is 1.81. The number of carbonyl (C=O) groups excluding carboxylic acids is 1. The van der Waals surface area contributed by atoms with Gasteiger partial charge in [0.1, 0.15) is 0 Å². The van der Waals surface area contributed by atoms with Gasteiger partial charge in [0.15, 0.2) is 0 Å². The number of nitrogen functional groups attached to an aromatic ring is 1. The molecule has 1 amide bonds. The zero-order valence-electron chi connectivity index (χ0n) is 9.84. The van der Waals surface area contributed by atoms with E-state index in [0.29, 0.717) is 13.2 Å². The molecule has 0 saturated carbocycles. The van der Waals surface area contributed by atoms with E-state index < -0.39 is 15.9 Å². The summed E-state index contributed by atoms with van der Waals surface area (Å²) in [6, 6.07) is 3.72. The fraction of sp³-hybridized carbons (Fsp3) is 0.300. The molecule has 0 heterocycles. The van der Waals surface area contributed by atoms with Crippen molar-refractivity contribution in [2.45, 2.75) is 4.90 Å². The molecule has 5 N–H and O–H groups in total. The van der Waals surface area contributed by atoms with Crippen LogP contribution in [-0.2, 0) is 14.8 Å². The fourth-order valence-electron chi connectivity index (χ4n) is 1.27. The second kappa shape index (κ2) is 5.80. The van der Waals surface area contributed by atoms with Gasteiger partial charge in [-0.05, 0) is 18.2 Å². The number of sulfonamides is 1. The van der Waals surface area contributed by atoms with Crippen LogP contribution in [0.2, 0.25) is 0 Å². The average Bonchev–Trinajstić information content (AvgIpc) is 2.28. The quantitative estimate of drug-likeness (QED) is 0.483. The molecule has 100 valence electrons. The Balaban J connectivity index is 2.97. The van der Waals surface area contributed by atoms with Crippen LogP contribution in [0.1, 0.15) is 10.4 Å². The number of rotatable bonds is 5. The van der Waals surface area contributed by atoms with E-state index in [1.807, 2.05) is 0 Å². The molecule has 1 aromatic rings. The number of nitrogens with one attached hydrogen (secondary N) is 1. The monoisotopic (exact) mass is 273 g/mol. The summed E-state index contributed by atoms with van der Waals surface area (Å²) >= 11 is 0. The lowest BCUT2D eigenvalue weighted by molar-refractivity contribution is 0.0938. The number of ether oxygens (including phenoxy) is 1. The first-order valence-electron chi connectivity index (χ1n) is 5.05. The Bertz CT molecular complexity index is 542. The zero-order valence-corrected chi connectivity index (χ0v) is 10.7. The molecule has 0 aliphatic rings. The highest BCUT2D eigenvalue weighted by atomic mass is 32.2. The van der Waals surface area contributed by atoms with Crippen molar-refractivity contribution in [2.75, 3.05) is 26.0 Å². The van der Waals surface area contributed by atoms with Crippen LogP contribution in [0.5, 0.6) is 0 Å². The molecular formula is C10H15N3O4S. The Morgan fingerprint density at radius 1 is 1.44 bits per heavy atom. The van der Waals surface area contributed by atoms with Gasteiger partial charge in [0.05, 0.1) is 17.1 Å². The van der Waals surface area contributed by atoms with Gasteiger partial charge in [-0.25, -0.2) is 13.6 Å². The maximum absolute atomic E-state index is 11.7. The summed E-state index contributed by atoms with van der Waals surface area (Å²) < 4.78 is 27.1. The molecular weight excluding hydrogens is 258 g/mol. The number of nitrogens with two attached hydrogens (primary N) is 2. The van der Waals surface area contributed by atoms with Crippen molar-refractivity contribution < 1.29 is 17.9 Å². The maximum atomic E-state index is 11.7. The topological polar surface area (TPSA) is 125 Å². The van der Waals surface area contributed by atoms with E-state index in [1.165, 1.54) is 19.2 Å². The third-order valence-electron chi connectivity index (χ3n) is 2.19. The molecule has 8 heteroatoms. The van der Waals surface area contributed by atoms with Crippen LogP contribution < -0.4 is 16.2 Å². The standard InChI is InChI=1S/C10H15N3O4S/c1-17-5-4-13-10(14)8-6-7(18(12,15)16)2-3-9(8)11/h2-3,6H,4-5,11H2,1H3,(H,13,14)(H2,12,15,16). The van der Waals surface area contributed by atoms with Crippen molar-refractivity contribution in [3.05, 3.63) is 23.8 Å². The van der Waals surface area contributed by atoms with Crippen LogP contribution in [0.15, 0.2) is 23.1 Å². The molecule has 0 bridgehead atoms. The van der Waals surface area contributed by atoms with Crippen molar-refractivity contribution in [1.29, 1.82) is 0 Å². The Kier molecular flexibility index (Phi) is 4.65. The molecule has 7 nitrogen and oxygen atoms in total. The van der Waals surface area contributed by atoms with E-state index in [2.05, 4.69) is 5.32 Å². The second-order valence-electron chi connectivity index (χ2n) is 3.54. The lowest BCUT2D eigenvalue weighted by atomic mass is 10.1. The Labute approximate surface area is 105 Å². The summed E-state index contributed by atoms with van der Waals surface area (Å²) in [6.45, 7) is 0.648. The van der Waals surface area contributed by atoms with Gasteiger partial charge < -0.3 is 15.8 Å². The van der Waals surface area contributed by atoms with Gasteiger partial charge in [-0.2, -0.15) is 0 Å². The van der Waals surface area contributed by atoms with Crippen LogP contribution in [0, 0.1) is 0 Å². The van der Waals surface area contributed by atoms with Gasteiger partial charge in [0.2, 0.25) is 10.0 Å². The number of primary sulfonamides is 1. The first-order chi connectivity index (χ1) is 8.36. The highest BCUT2D eigenvalue weighted by Gasteiger charge is 2.14. The molecule has 0 atom stereocenters. The minimum Gasteiger partial charge on any atom is -0.398 e. The summed E-state index contributed by atoms with van der Waals surface area (Å²) in [5, 5.41) is 7.52. The van der Waals surface area contributed by atoms with Crippen LogP contribution in [0.3, 0.4) is 0 Å². The number of amides is 1. The third kappa shape index (κ3) is 3.69. The van der Waals surface area contributed by atoms with Gasteiger partial charge in [-0.3, -0.25) is 4.79 Å². The molecule has 0 fully saturated rings. The van der Waals surface area contributed by atoms with Gasteiger partial charge in [0.25, 0.3) is 5.91 Å². The molecule has 0 aliphatic carbocycles. The van der Waals surface area contributed by atoms with E-state index in [9.17, 15) is 13.2 Å². The van der Waals surface area contributed by atoms with Gasteiger partial charge in [-0.1, -0.05) is 0 Å². The average molecular weight is 273 g/mol. The van der Waals surface area contributed by atoms with Crippen LogP contribution in [-0.4, -0.2) is 34.6 Å². The largest absolute Gasteiger partial charge is 0.398 e. The third-order valence-corrected chi connectivity index (χ3v) is 3.10. The van der Waals surface area contributed by atoms with Crippen molar-refractivity contribution in [3.8, 4) is 0 Å². The lowest BCUT2D eigenvalue weighted by Gasteiger charge is -2.08. The molecule has 0 spiro atoms. The first-order valence-corrected chi connectivity index (χ1v) is 6.60. The van der Waals surface area contributed by atoms with E-state index in [1.54, 1.807) is 0 Å². The van der Waals surface area contributed by atoms with Gasteiger partial charge >= 0.3 is 0 Å². The summed E-state index contributed by atoms with van der Waals surface area (Å²) in [7, 11) is -2.36. The summed E-state index contributed by atoms with van der Waals surface area (Å²) in [4.78, 5) is 11.6. The molecule has 0 radical (unpaired) electrons. The molecule has 1 rings (SSSR count). The number of hydrogen-bond acceptors (Lipinski definition) is 5. The van der Waals surface area contributed by atoms with Crippen molar-refractivity contribution >= 4 is 21.6 Å². The number of benzene rings is 1. The Morgan fingerprint density at radius 2 is 2.11 bits per heavy atom. The highest BCUT2D eigenvalue weighted by molar-refractivity contribution is 7.89. The highest BCUT2D eigenvalue weighted by Crippen LogP contribution is 2.16. The first kappa shape index (κ1) is 14.4. The number of anilines is 1. The zero-order chi connectivity index (χ0) is 13.8. The van der Waals surface area contributed by atoms with Gasteiger partial charge in [0, 0.05) is 19.3 Å². The minimum atomic E-state index is -3.86. The van der Waals surface area contributed by atoms with Crippen LogP contribution >= 0.6 is 0 Å². The van der Waals surface area contributed by atoms with Gasteiger partial charge in [-0.15, -0.1) is 0 Å². The number of methoxy groups -OCH3 is 1. The molecule has 18 heavy (non-hydrogen) atoms. The minimum absolute atomic E-state index is 0.0672. The number of carbonyl (C=O) groups is 1. The second-order valence-corrected chi connectivity index (χ2v) is 5.10. The summed E-state index contributed by atoms with van der Waals surface area (Å²) in [6.07, 6.45) is 0. The Morgan fingerprint density at radius 3 is 2.67 bits per heavy atom. The van der Waals surface area contributed by atoms with Crippen molar-refractivity contribution in [2.24, 2.45) is 5.14 Å². The molecule has 0 aliphatic heterocycles. The predicted octanol–water partition coefficient (Wildman–Crippen LogP) is -0.708. The lowest BCUT2D eigenvalue weighted by Crippen LogP contribution is -2.28. The Hall–Kier alpha value is -1.64. The smallest absolute Gasteiger partial charge is 0.253 e. The van der Waals surface area contributed by atoms with E-state index in [-0.39, 0.29) is 16.1 Å². The molecule has 0 saturated heterocycles. The molecule has 0 unspecified atom stereocenters.